The Morgan fingerprint density at radius 1 is 1.29 bits per heavy atom. The zero-order valence-electron chi connectivity index (χ0n) is 7.85. The van der Waals surface area contributed by atoms with Crippen LogP contribution in [-0.4, -0.2) is 10.2 Å². The molecule has 72 valence electrons. The lowest BCUT2D eigenvalue weighted by Gasteiger charge is -2.08. The van der Waals surface area contributed by atoms with Crippen molar-refractivity contribution in [3.8, 4) is 0 Å². The standard InChI is InChI=1S/C11H13N3/c12-11(10-7-13-14-8-10)6-9-4-2-1-3-5-9/h1-5,7-8,11H,6,12H2,(H,13,14). The quantitative estimate of drug-likeness (QED) is 0.767. The van der Waals surface area contributed by atoms with Gasteiger partial charge in [0.25, 0.3) is 0 Å². The van der Waals surface area contributed by atoms with Gasteiger partial charge in [-0.3, -0.25) is 5.10 Å². The van der Waals surface area contributed by atoms with Gasteiger partial charge in [0, 0.05) is 17.8 Å². The molecule has 3 N–H and O–H groups in total. The third-order valence-corrected chi connectivity index (χ3v) is 2.25. The molecule has 3 nitrogen and oxygen atoms in total. The van der Waals surface area contributed by atoms with Gasteiger partial charge in [0.15, 0.2) is 0 Å². The second kappa shape index (κ2) is 4.07. The first-order valence-electron chi connectivity index (χ1n) is 4.64. The highest BCUT2D eigenvalue weighted by atomic mass is 15.1. The number of nitrogens with one attached hydrogen (secondary N) is 1. The van der Waals surface area contributed by atoms with Crippen LogP contribution in [0.5, 0.6) is 0 Å². The molecule has 0 bridgehead atoms. The van der Waals surface area contributed by atoms with E-state index in [0.29, 0.717) is 0 Å². The molecule has 2 aromatic rings. The van der Waals surface area contributed by atoms with E-state index in [-0.39, 0.29) is 6.04 Å². The molecule has 1 unspecified atom stereocenters. The van der Waals surface area contributed by atoms with Crippen LogP contribution in [0.15, 0.2) is 42.7 Å². The summed E-state index contributed by atoms with van der Waals surface area (Å²) in [5.74, 6) is 0. The number of rotatable bonds is 3. The Bertz CT molecular complexity index is 367. The molecule has 0 aliphatic heterocycles. The molecule has 1 aromatic carbocycles. The van der Waals surface area contributed by atoms with Gasteiger partial charge in [-0.2, -0.15) is 5.10 Å². The summed E-state index contributed by atoms with van der Waals surface area (Å²) < 4.78 is 0. The van der Waals surface area contributed by atoms with Gasteiger partial charge in [-0.25, -0.2) is 0 Å². The number of aromatic amines is 1. The average molecular weight is 187 g/mol. The van der Waals surface area contributed by atoms with Crippen molar-refractivity contribution in [1.29, 1.82) is 0 Å². The second-order valence-corrected chi connectivity index (χ2v) is 3.33. The smallest absolute Gasteiger partial charge is 0.0535 e. The molecule has 1 aromatic heterocycles. The van der Waals surface area contributed by atoms with Crippen molar-refractivity contribution in [1.82, 2.24) is 10.2 Å². The first-order chi connectivity index (χ1) is 6.86. The summed E-state index contributed by atoms with van der Waals surface area (Å²) in [5, 5.41) is 6.65. The minimum Gasteiger partial charge on any atom is -0.324 e. The monoisotopic (exact) mass is 187 g/mol. The van der Waals surface area contributed by atoms with Gasteiger partial charge < -0.3 is 5.73 Å². The summed E-state index contributed by atoms with van der Waals surface area (Å²) in [4.78, 5) is 0. The van der Waals surface area contributed by atoms with Crippen LogP contribution in [-0.2, 0) is 6.42 Å². The minimum atomic E-state index is 0.0242. The molecule has 2 rings (SSSR count). The van der Waals surface area contributed by atoms with E-state index >= 15 is 0 Å². The number of benzene rings is 1. The molecule has 3 heteroatoms. The van der Waals surface area contributed by atoms with E-state index in [1.165, 1.54) is 5.56 Å². The van der Waals surface area contributed by atoms with Crippen molar-refractivity contribution >= 4 is 0 Å². The molecule has 1 heterocycles. The van der Waals surface area contributed by atoms with Crippen LogP contribution in [0.1, 0.15) is 17.2 Å². The largest absolute Gasteiger partial charge is 0.324 e. The van der Waals surface area contributed by atoms with Crippen LogP contribution >= 0.6 is 0 Å². The van der Waals surface area contributed by atoms with E-state index in [9.17, 15) is 0 Å². The average Bonchev–Trinajstić information content (AvgIpc) is 2.72. The van der Waals surface area contributed by atoms with Crippen LogP contribution in [0.3, 0.4) is 0 Å². The molecule has 0 radical (unpaired) electrons. The van der Waals surface area contributed by atoms with E-state index < -0.39 is 0 Å². The van der Waals surface area contributed by atoms with Crippen LogP contribution in [0.4, 0.5) is 0 Å². The van der Waals surface area contributed by atoms with Crippen molar-refractivity contribution in [3.63, 3.8) is 0 Å². The van der Waals surface area contributed by atoms with Crippen molar-refractivity contribution in [2.75, 3.05) is 0 Å². The number of hydrogen-bond donors (Lipinski definition) is 2. The van der Waals surface area contributed by atoms with Crippen LogP contribution in [0.25, 0.3) is 0 Å². The molecule has 14 heavy (non-hydrogen) atoms. The molecule has 1 atom stereocenters. The summed E-state index contributed by atoms with van der Waals surface area (Å²) in [5.41, 5.74) is 8.31. The molecule has 0 saturated carbocycles. The summed E-state index contributed by atoms with van der Waals surface area (Å²) in [6.07, 6.45) is 4.46. The number of nitrogens with zero attached hydrogens (tertiary/aromatic N) is 1. The Morgan fingerprint density at radius 3 is 2.71 bits per heavy atom. The number of aromatic nitrogens is 2. The molecule has 0 spiro atoms. The highest BCUT2D eigenvalue weighted by Gasteiger charge is 2.07. The summed E-state index contributed by atoms with van der Waals surface area (Å²) in [6, 6.07) is 10.2. The summed E-state index contributed by atoms with van der Waals surface area (Å²) >= 11 is 0. The second-order valence-electron chi connectivity index (χ2n) is 3.33. The molecule has 0 saturated heterocycles. The summed E-state index contributed by atoms with van der Waals surface area (Å²) in [7, 11) is 0. The maximum absolute atomic E-state index is 6.01. The molecular weight excluding hydrogens is 174 g/mol. The number of nitrogens with two attached hydrogens (primary N) is 1. The van der Waals surface area contributed by atoms with Crippen LogP contribution in [0.2, 0.25) is 0 Å². The van der Waals surface area contributed by atoms with E-state index in [0.717, 1.165) is 12.0 Å². The van der Waals surface area contributed by atoms with E-state index in [1.54, 1.807) is 6.20 Å². The third-order valence-electron chi connectivity index (χ3n) is 2.25. The fraction of sp³-hybridized carbons (Fsp3) is 0.182. The van der Waals surface area contributed by atoms with Crippen molar-refractivity contribution in [2.45, 2.75) is 12.5 Å². The summed E-state index contributed by atoms with van der Waals surface area (Å²) in [6.45, 7) is 0. The van der Waals surface area contributed by atoms with Gasteiger partial charge in [-0.05, 0) is 12.0 Å². The van der Waals surface area contributed by atoms with Gasteiger partial charge in [0.2, 0.25) is 0 Å². The minimum absolute atomic E-state index is 0.0242. The fourth-order valence-corrected chi connectivity index (χ4v) is 1.45. The zero-order valence-corrected chi connectivity index (χ0v) is 7.85. The Balaban J connectivity index is 2.06. The fourth-order valence-electron chi connectivity index (χ4n) is 1.45. The number of hydrogen-bond acceptors (Lipinski definition) is 2. The SMILES string of the molecule is NC(Cc1ccccc1)c1cn[nH]c1. The van der Waals surface area contributed by atoms with Crippen molar-refractivity contribution in [3.05, 3.63) is 53.9 Å². The van der Waals surface area contributed by atoms with Gasteiger partial charge >= 0.3 is 0 Å². The van der Waals surface area contributed by atoms with Gasteiger partial charge in [0.05, 0.1) is 6.20 Å². The maximum Gasteiger partial charge on any atom is 0.0535 e. The number of H-pyrrole nitrogens is 1. The van der Waals surface area contributed by atoms with E-state index in [1.807, 2.05) is 24.4 Å². The van der Waals surface area contributed by atoms with Crippen molar-refractivity contribution in [2.24, 2.45) is 5.73 Å². The molecular formula is C11H13N3. The van der Waals surface area contributed by atoms with E-state index in [4.69, 9.17) is 5.73 Å². The van der Waals surface area contributed by atoms with Gasteiger partial charge in [0.1, 0.15) is 0 Å². The highest BCUT2D eigenvalue weighted by molar-refractivity contribution is 5.19. The normalized spacial score (nSPS) is 12.6. The first kappa shape index (κ1) is 8.97. The Labute approximate surface area is 83.0 Å². The Morgan fingerprint density at radius 2 is 2.07 bits per heavy atom. The Kier molecular flexibility index (Phi) is 2.60. The van der Waals surface area contributed by atoms with Crippen LogP contribution in [0, 0.1) is 0 Å². The molecule has 0 fully saturated rings. The molecule has 0 aliphatic rings. The first-order valence-corrected chi connectivity index (χ1v) is 4.64. The predicted octanol–water partition coefficient (Wildman–Crippen LogP) is 1.65. The van der Waals surface area contributed by atoms with Gasteiger partial charge in [-0.15, -0.1) is 0 Å². The van der Waals surface area contributed by atoms with E-state index in [2.05, 4.69) is 22.3 Å². The third kappa shape index (κ3) is 2.00. The van der Waals surface area contributed by atoms with Crippen LogP contribution < -0.4 is 5.73 Å². The lowest BCUT2D eigenvalue weighted by atomic mass is 10.0. The van der Waals surface area contributed by atoms with Gasteiger partial charge in [-0.1, -0.05) is 30.3 Å². The Hall–Kier alpha value is -1.61. The predicted molar refractivity (Wildman–Crippen MR) is 55.7 cm³/mol. The molecule has 0 amide bonds. The maximum atomic E-state index is 6.01. The topological polar surface area (TPSA) is 54.7 Å². The lowest BCUT2D eigenvalue weighted by molar-refractivity contribution is 0.722. The van der Waals surface area contributed by atoms with Crippen molar-refractivity contribution < 1.29 is 0 Å². The molecule has 0 aliphatic carbocycles. The lowest BCUT2D eigenvalue weighted by Crippen LogP contribution is -2.12. The zero-order chi connectivity index (χ0) is 9.80. The highest BCUT2D eigenvalue weighted by Crippen LogP contribution is 2.13.